The van der Waals surface area contributed by atoms with E-state index in [-0.39, 0.29) is 11.7 Å². The normalized spacial score (nSPS) is 17.1. The predicted molar refractivity (Wildman–Crippen MR) is 83.0 cm³/mol. The molecule has 1 unspecified atom stereocenters. The number of rotatable bonds is 3. The van der Waals surface area contributed by atoms with Crippen LogP contribution in [-0.2, 0) is 6.54 Å². The summed E-state index contributed by atoms with van der Waals surface area (Å²) in [6, 6.07) is 13.8. The number of benzene rings is 2. The quantitative estimate of drug-likeness (QED) is 0.879. The van der Waals surface area contributed by atoms with Gasteiger partial charge in [0.2, 0.25) is 0 Å². The van der Waals surface area contributed by atoms with Gasteiger partial charge in [0, 0.05) is 18.7 Å². The second kappa shape index (κ2) is 5.70. The van der Waals surface area contributed by atoms with Gasteiger partial charge in [0.05, 0.1) is 13.0 Å². The van der Waals surface area contributed by atoms with Gasteiger partial charge in [-0.3, -0.25) is 4.79 Å². The molecule has 0 fully saturated rings. The van der Waals surface area contributed by atoms with Crippen molar-refractivity contribution >= 4 is 5.78 Å². The van der Waals surface area contributed by atoms with Gasteiger partial charge in [-0.2, -0.15) is 0 Å². The molecule has 0 aliphatic carbocycles. The van der Waals surface area contributed by atoms with Crippen molar-refractivity contribution in [1.29, 1.82) is 0 Å². The number of nitrogens with one attached hydrogen (secondary N) is 1. The maximum atomic E-state index is 12.9. The van der Waals surface area contributed by atoms with Gasteiger partial charge in [0.25, 0.3) is 0 Å². The minimum absolute atomic E-state index is 0.109. The van der Waals surface area contributed by atoms with E-state index in [1.165, 1.54) is 5.56 Å². The molecular weight excluding hydrogens is 262 g/mol. The molecular formula is C18H19NO2. The Kier molecular flexibility index (Phi) is 3.76. The molecule has 0 radical (unpaired) electrons. The van der Waals surface area contributed by atoms with Gasteiger partial charge in [0.15, 0.2) is 5.78 Å². The third-order valence-corrected chi connectivity index (χ3v) is 4.11. The average molecular weight is 281 g/mol. The van der Waals surface area contributed by atoms with Crippen LogP contribution >= 0.6 is 0 Å². The summed E-state index contributed by atoms with van der Waals surface area (Å²) in [7, 11) is 1.64. The fraction of sp³-hybridized carbons (Fsp3) is 0.278. The second-order valence-corrected chi connectivity index (χ2v) is 5.43. The third kappa shape index (κ3) is 2.57. The van der Waals surface area contributed by atoms with Crippen molar-refractivity contribution in [3.05, 3.63) is 64.7 Å². The lowest BCUT2D eigenvalue weighted by molar-refractivity contribution is 0.0954. The van der Waals surface area contributed by atoms with Gasteiger partial charge in [-0.15, -0.1) is 0 Å². The molecule has 3 heteroatoms. The Morgan fingerprint density at radius 1 is 1.24 bits per heavy atom. The highest BCUT2D eigenvalue weighted by Gasteiger charge is 2.27. The van der Waals surface area contributed by atoms with Crippen LogP contribution in [0.25, 0.3) is 0 Å². The molecule has 1 heterocycles. The van der Waals surface area contributed by atoms with Crippen molar-refractivity contribution in [2.75, 3.05) is 13.7 Å². The predicted octanol–water partition coefficient (Wildman–Crippen LogP) is 3.07. The van der Waals surface area contributed by atoms with Crippen molar-refractivity contribution in [3.8, 4) is 5.75 Å². The first kappa shape index (κ1) is 13.8. The van der Waals surface area contributed by atoms with Gasteiger partial charge in [-0.25, -0.2) is 0 Å². The SMILES string of the molecule is COc1ccc(C(=O)C2CNCc3ccccc32)c(C)c1. The number of methoxy groups -OCH3 is 1. The van der Waals surface area contributed by atoms with E-state index in [1.807, 2.05) is 37.3 Å². The Morgan fingerprint density at radius 2 is 2.05 bits per heavy atom. The second-order valence-electron chi connectivity index (χ2n) is 5.43. The number of carbonyl (C=O) groups excluding carboxylic acids is 1. The molecule has 108 valence electrons. The Morgan fingerprint density at radius 3 is 2.81 bits per heavy atom. The molecule has 2 aromatic carbocycles. The van der Waals surface area contributed by atoms with Crippen molar-refractivity contribution in [1.82, 2.24) is 5.32 Å². The highest BCUT2D eigenvalue weighted by Crippen LogP contribution is 2.29. The Labute approximate surface area is 124 Å². The lowest BCUT2D eigenvalue weighted by Gasteiger charge is -2.26. The van der Waals surface area contributed by atoms with E-state index in [2.05, 4.69) is 17.4 Å². The molecule has 1 aliphatic heterocycles. The molecule has 0 bridgehead atoms. The van der Waals surface area contributed by atoms with Crippen LogP contribution in [0.2, 0.25) is 0 Å². The number of Topliss-reactive ketones (excluding diaryl/α,β-unsaturated/α-hetero) is 1. The first-order chi connectivity index (χ1) is 10.2. The number of carbonyl (C=O) groups is 1. The minimum Gasteiger partial charge on any atom is -0.497 e. The highest BCUT2D eigenvalue weighted by molar-refractivity contribution is 6.02. The van der Waals surface area contributed by atoms with E-state index >= 15 is 0 Å². The first-order valence-corrected chi connectivity index (χ1v) is 7.18. The first-order valence-electron chi connectivity index (χ1n) is 7.18. The maximum Gasteiger partial charge on any atom is 0.171 e. The number of ketones is 1. The largest absolute Gasteiger partial charge is 0.497 e. The zero-order valence-electron chi connectivity index (χ0n) is 12.3. The minimum atomic E-state index is -0.109. The molecule has 3 rings (SSSR count). The molecule has 1 N–H and O–H groups in total. The Hall–Kier alpha value is -2.13. The monoisotopic (exact) mass is 281 g/mol. The molecule has 0 saturated carbocycles. The lowest BCUT2D eigenvalue weighted by Crippen LogP contribution is -2.32. The zero-order chi connectivity index (χ0) is 14.8. The molecule has 1 aliphatic rings. The van der Waals surface area contributed by atoms with Gasteiger partial charge in [-0.05, 0) is 41.8 Å². The maximum absolute atomic E-state index is 12.9. The van der Waals surface area contributed by atoms with Crippen LogP contribution in [0.5, 0.6) is 5.75 Å². The van der Waals surface area contributed by atoms with E-state index in [9.17, 15) is 4.79 Å². The smallest absolute Gasteiger partial charge is 0.171 e. The number of hydrogen-bond donors (Lipinski definition) is 1. The number of ether oxygens (including phenoxy) is 1. The van der Waals surface area contributed by atoms with Crippen LogP contribution in [0.3, 0.4) is 0 Å². The number of hydrogen-bond acceptors (Lipinski definition) is 3. The molecule has 0 aromatic heterocycles. The van der Waals surface area contributed by atoms with Crippen molar-refractivity contribution in [2.45, 2.75) is 19.4 Å². The Balaban J connectivity index is 1.97. The van der Waals surface area contributed by atoms with Crippen molar-refractivity contribution < 1.29 is 9.53 Å². The molecule has 2 aromatic rings. The van der Waals surface area contributed by atoms with E-state index in [0.29, 0.717) is 6.54 Å². The van der Waals surface area contributed by atoms with E-state index in [0.717, 1.165) is 29.0 Å². The van der Waals surface area contributed by atoms with E-state index in [1.54, 1.807) is 7.11 Å². The summed E-state index contributed by atoms with van der Waals surface area (Å²) in [5, 5.41) is 3.34. The van der Waals surface area contributed by atoms with Crippen LogP contribution in [0, 0.1) is 6.92 Å². The number of fused-ring (bicyclic) bond motifs is 1. The summed E-state index contributed by atoms with van der Waals surface area (Å²) in [4.78, 5) is 12.9. The average Bonchev–Trinajstić information content (AvgIpc) is 2.53. The topological polar surface area (TPSA) is 38.3 Å². The van der Waals surface area contributed by atoms with Crippen LogP contribution in [0.1, 0.15) is 33.0 Å². The summed E-state index contributed by atoms with van der Waals surface area (Å²) >= 11 is 0. The number of aryl methyl sites for hydroxylation is 1. The fourth-order valence-corrected chi connectivity index (χ4v) is 2.96. The summed E-state index contributed by atoms with van der Waals surface area (Å²) in [6.07, 6.45) is 0. The molecule has 3 nitrogen and oxygen atoms in total. The van der Waals surface area contributed by atoms with Gasteiger partial charge in [0.1, 0.15) is 5.75 Å². The van der Waals surface area contributed by atoms with Crippen LogP contribution in [0.4, 0.5) is 0 Å². The fourth-order valence-electron chi connectivity index (χ4n) is 2.96. The van der Waals surface area contributed by atoms with E-state index in [4.69, 9.17) is 4.74 Å². The summed E-state index contributed by atoms with van der Waals surface area (Å²) in [5.41, 5.74) is 4.10. The van der Waals surface area contributed by atoms with Gasteiger partial charge < -0.3 is 10.1 Å². The molecule has 0 saturated heterocycles. The molecule has 0 amide bonds. The van der Waals surface area contributed by atoms with Crippen LogP contribution in [-0.4, -0.2) is 19.4 Å². The highest BCUT2D eigenvalue weighted by atomic mass is 16.5. The molecule has 0 spiro atoms. The van der Waals surface area contributed by atoms with E-state index < -0.39 is 0 Å². The summed E-state index contributed by atoms with van der Waals surface area (Å²) in [5.74, 6) is 0.850. The molecule has 1 atom stereocenters. The van der Waals surface area contributed by atoms with Gasteiger partial charge in [-0.1, -0.05) is 24.3 Å². The zero-order valence-corrected chi connectivity index (χ0v) is 12.3. The third-order valence-electron chi connectivity index (χ3n) is 4.11. The lowest BCUT2D eigenvalue weighted by atomic mass is 9.84. The molecule has 21 heavy (non-hydrogen) atoms. The van der Waals surface area contributed by atoms with Crippen molar-refractivity contribution in [2.24, 2.45) is 0 Å². The van der Waals surface area contributed by atoms with Crippen LogP contribution < -0.4 is 10.1 Å². The summed E-state index contributed by atoms with van der Waals surface area (Å²) < 4.78 is 5.21. The summed E-state index contributed by atoms with van der Waals surface area (Å²) in [6.45, 7) is 3.49. The standard InChI is InChI=1S/C18H19NO2/c1-12-9-14(21-2)7-8-15(12)18(20)17-11-19-10-13-5-3-4-6-16(13)17/h3-9,17,19H,10-11H2,1-2H3. The Bertz CT molecular complexity index is 679. The van der Waals surface area contributed by atoms with Gasteiger partial charge >= 0.3 is 0 Å². The van der Waals surface area contributed by atoms with Crippen molar-refractivity contribution in [3.63, 3.8) is 0 Å². The van der Waals surface area contributed by atoms with Crippen LogP contribution in [0.15, 0.2) is 42.5 Å².